The molecule has 2 aromatic rings. The van der Waals surface area contributed by atoms with Crippen LogP contribution in [0.1, 0.15) is 28.3 Å². The van der Waals surface area contributed by atoms with Crippen molar-refractivity contribution in [3.63, 3.8) is 0 Å². The van der Waals surface area contributed by atoms with Crippen LogP contribution in [0, 0.1) is 12.7 Å². The molecular formula is C16H18FNO2. The molecule has 0 saturated heterocycles. The first-order chi connectivity index (χ1) is 9.54. The molecule has 2 rings (SSSR count). The lowest BCUT2D eigenvalue weighted by molar-refractivity contribution is 0.0966. The molecule has 0 atom stereocenters. The van der Waals surface area contributed by atoms with Gasteiger partial charge in [0.15, 0.2) is 5.78 Å². The van der Waals surface area contributed by atoms with Crippen molar-refractivity contribution in [1.29, 1.82) is 0 Å². The van der Waals surface area contributed by atoms with Crippen molar-refractivity contribution in [2.24, 2.45) is 0 Å². The van der Waals surface area contributed by atoms with E-state index in [-0.39, 0.29) is 11.6 Å². The van der Waals surface area contributed by atoms with Crippen molar-refractivity contribution in [2.45, 2.75) is 19.9 Å². The van der Waals surface area contributed by atoms with E-state index in [1.54, 1.807) is 12.1 Å². The number of benzene rings is 1. The highest BCUT2D eigenvalue weighted by atomic mass is 19.1. The Morgan fingerprint density at radius 3 is 2.75 bits per heavy atom. The number of hydrogen-bond donors (Lipinski definition) is 0. The molecular weight excluding hydrogens is 257 g/mol. The summed E-state index contributed by atoms with van der Waals surface area (Å²) in [6.07, 6.45) is 0.361. The smallest absolute Gasteiger partial charge is 0.164 e. The lowest BCUT2D eigenvalue weighted by atomic mass is 10.1. The SMILES string of the molecule is Cc1ccc(CN(C)CCC(=O)c2cccc(F)c2)o1. The summed E-state index contributed by atoms with van der Waals surface area (Å²) in [4.78, 5) is 14.0. The maximum atomic E-state index is 13.0. The third kappa shape index (κ3) is 4.03. The van der Waals surface area contributed by atoms with Gasteiger partial charge in [-0.05, 0) is 38.2 Å². The highest BCUT2D eigenvalue weighted by molar-refractivity contribution is 5.96. The zero-order valence-corrected chi connectivity index (χ0v) is 11.7. The largest absolute Gasteiger partial charge is 0.465 e. The number of hydrogen-bond acceptors (Lipinski definition) is 3. The third-order valence-electron chi connectivity index (χ3n) is 3.09. The van der Waals surface area contributed by atoms with Crippen LogP contribution >= 0.6 is 0 Å². The van der Waals surface area contributed by atoms with E-state index in [4.69, 9.17) is 4.42 Å². The Morgan fingerprint density at radius 2 is 2.10 bits per heavy atom. The molecule has 0 radical (unpaired) electrons. The summed E-state index contributed by atoms with van der Waals surface area (Å²) in [5.74, 6) is 1.33. The van der Waals surface area contributed by atoms with E-state index in [2.05, 4.69) is 0 Å². The van der Waals surface area contributed by atoms with Crippen molar-refractivity contribution >= 4 is 5.78 Å². The Hall–Kier alpha value is -1.94. The Kier molecular flexibility index (Phi) is 4.69. The molecule has 0 bridgehead atoms. The first-order valence-corrected chi connectivity index (χ1v) is 6.57. The second-order valence-electron chi connectivity index (χ2n) is 4.93. The van der Waals surface area contributed by atoms with Crippen molar-refractivity contribution < 1.29 is 13.6 Å². The molecule has 1 aromatic heterocycles. The Labute approximate surface area is 118 Å². The summed E-state index contributed by atoms with van der Waals surface area (Å²) in [5, 5.41) is 0. The van der Waals surface area contributed by atoms with Gasteiger partial charge in [0.2, 0.25) is 0 Å². The molecule has 4 heteroatoms. The van der Waals surface area contributed by atoms with Crippen molar-refractivity contribution in [1.82, 2.24) is 4.90 Å². The molecule has 0 aliphatic heterocycles. The molecule has 0 aliphatic rings. The Morgan fingerprint density at radius 1 is 1.30 bits per heavy atom. The summed E-state index contributed by atoms with van der Waals surface area (Å²) in [6, 6.07) is 9.65. The van der Waals surface area contributed by atoms with Crippen LogP contribution in [0.4, 0.5) is 4.39 Å². The van der Waals surface area contributed by atoms with Gasteiger partial charge < -0.3 is 4.42 Å². The van der Waals surface area contributed by atoms with E-state index in [0.717, 1.165) is 11.5 Å². The molecule has 1 heterocycles. The van der Waals surface area contributed by atoms with Gasteiger partial charge in [0.05, 0.1) is 6.54 Å². The summed E-state index contributed by atoms with van der Waals surface area (Å²) in [6.45, 7) is 3.16. The first-order valence-electron chi connectivity index (χ1n) is 6.57. The van der Waals surface area contributed by atoms with Crippen molar-refractivity contribution in [3.05, 3.63) is 59.3 Å². The molecule has 0 amide bonds. The number of ketones is 1. The highest BCUT2D eigenvalue weighted by Crippen LogP contribution is 2.10. The van der Waals surface area contributed by atoms with Crippen LogP contribution in [0.25, 0.3) is 0 Å². The number of nitrogens with zero attached hydrogens (tertiary/aromatic N) is 1. The van der Waals surface area contributed by atoms with Gasteiger partial charge in [-0.15, -0.1) is 0 Å². The topological polar surface area (TPSA) is 33.5 Å². The van der Waals surface area contributed by atoms with E-state index in [0.29, 0.717) is 25.1 Å². The first kappa shape index (κ1) is 14.5. The van der Waals surface area contributed by atoms with Crippen LogP contribution in [0.15, 0.2) is 40.8 Å². The average Bonchev–Trinajstić information content (AvgIpc) is 2.81. The minimum atomic E-state index is -0.379. The predicted molar refractivity (Wildman–Crippen MR) is 75.1 cm³/mol. The van der Waals surface area contributed by atoms with Crippen LogP contribution in [0.3, 0.4) is 0 Å². The third-order valence-corrected chi connectivity index (χ3v) is 3.09. The highest BCUT2D eigenvalue weighted by Gasteiger charge is 2.09. The molecule has 0 unspecified atom stereocenters. The molecule has 106 valence electrons. The molecule has 0 saturated carbocycles. The lowest BCUT2D eigenvalue weighted by Crippen LogP contribution is -2.21. The van der Waals surface area contributed by atoms with Gasteiger partial charge in [0, 0.05) is 18.5 Å². The average molecular weight is 275 g/mol. The molecule has 0 aliphatic carbocycles. The molecule has 0 spiro atoms. The fourth-order valence-electron chi connectivity index (χ4n) is 2.01. The quantitative estimate of drug-likeness (QED) is 0.757. The monoisotopic (exact) mass is 275 g/mol. The van der Waals surface area contributed by atoms with Gasteiger partial charge in [-0.2, -0.15) is 0 Å². The number of furan rings is 1. The van der Waals surface area contributed by atoms with Crippen LogP contribution in [0.5, 0.6) is 0 Å². The second kappa shape index (κ2) is 6.48. The van der Waals surface area contributed by atoms with Crippen LogP contribution in [0.2, 0.25) is 0 Å². The molecule has 0 N–H and O–H groups in total. The maximum Gasteiger partial charge on any atom is 0.164 e. The van der Waals surface area contributed by atoms with Gasteiger partial charge in [-0.25, -0.2) is 4.39 Å². The predicted octanol–water partition coefficient (Wildman–Crippen LogP) is 3.43. The van der Waals surface area contributed by atoms with E-state index < -0.39 is 0 Å². The molecule has 3 nitrogen and oxygen atoms in total. The number of carbonyl (C=O) groups excluding carboxylic acids is 1. The van der Waals surface area contributed by atoms with E-state index >= 15 is 0 Å². The minimum absolute atomic E-state index is 0.0491. The molecule has 1 aromatic carbocycles. The van der Waals surface area contributed by atoms with Crippen molar-refractivity contribution in [3.8, 4) is 0 Å². The number of Topliss-reactive ketones (excluding diaryl/α,β-unsaturated/α-hetero) is 1. The van der Waals surface area contributed by atoms with E-state index in [1.165, 1.54) is 12.1 Å². The second-order valence-corrected chi connectivity index (χ2v) is 4.93. The van der Waals surface area contributed by atoms with Gasteiger partial charge in [-0.3, -0.25) is 9.69 Å². The van der Waals surface area contributed by atoms with Crippen molar-refractivity contribution in [2.75, 3.05) is 13.6 Å². The standard InChI is InChI=1S/C16H18FNO2/c1-12-6-7-15(20-12)11-18(2)9-8-16(19)13-4-3-5-14(17)10-13/h3-7,10H,8-9,11H2,1-2H3. The van der Waals surface area contributed by atoms with Gasteiger partial charge in [0.25, 0.3) is 0 Å². The number of rotatable bonds is 6. The Bertz CT molecular complexity index is 592. The minimum Gasteiger partial charge on any atom is -0.465 e. The maximum absolute atomic E-state index is 13.0. The summed E-state index contributed by atoms with van der Waals surface area (Å²) in [7, 11) is 1.93. The summed E-state index contributed by atoms with van der Waals surface area (Å²) >= 11 is 0. The van der Waals surface area contributed by atoms with E-state index in [1.807, 2.05) is 31.0 Å². The van der Waals surface area contributed by atoms with Crippen LogP contribution in [-0.2, 0) is 6.54 Å². The van der Waals surface area contributed by atoms with Gasteiger partial charge in [0.1, 0.15) is 17.3 Å². The lowest BCUT2D eigenvalue weighted by Gasteiger charge is -2.14. The fourth-order valence-corrected chi connectivity index (χ4v) is 2.01. The molecule has 20 heavy (non-hydrogen) atoms. The summed E-state index contributed by atoms with van der Waals surface area (Å²) < 4.78 is 18.5. The zero-order chi connectivity index (χ0) is 14.5. The van der Waals surface area contributed by atoms with Gasteiger partial charge in [-0.1, -0.05) is 12.1 Å². The van der Waals surface area contributed by atoms with Gasteiger partial charge >= 0.3 is 0 Å². The Balaban J connectivity index is 1.84. The fraction of sp³-hybridized carbons (Fsp3) is 0.312. The summed E-state index contributed by atoms with van der Waals surface area (Å²) in [5.41, 5.74) is 0.423. The van der Waals surface area contributed by atoms with Crippen LogP contribution in [-0.4, -0.2) is 24.3 Å². The normalized spacial score (nSPS) is 11.0. The zero-order valence-electron chi connectivity index (χ0n) is 11.7. The van der Waals surface area contributed by atoms with E-state index in [9.17, 15) is 9.18 Å². The molecule has 0 fully saturated rings. The number of aryl methyl sites for hydroxylation is 1. The number of halogens is 1. The number of carbonyl (C=O) groups is 1. The van der Waals surface area contributed by atoms with Crippen LogP contribution < -0.4 is 0 Å².